The highest BCUT2D eigenvalue weighted by molar-refractivity contribution is 7.26. The van der Waals surface area contributed by atoms with Gasteiger partial charge in [-0.25, -0.2) is 0 Å². The molecule has 7 aromatic rings. The minimum atomic E-state index is -0.490. The van der Waals surface area contributed by atoms with Crippen LogP contribution in [-0.4, -0.2) is 18.3 Å². The molecule has 0 spiro atoms. The molecule has 1 fully saturated rings. The standard InChI is InChI=1S/C34H27BO3S/c1-33(2)34(3,4)38-35(37-33)27-18-22(19-29-31(27)25-11-7-8-12-28(25)36-29)21-14-16-30-26(17-21)24-15-13-20-9-5-6-10-23(20)32(24)39-30/h5-19H,1-4H3. The molecule has 5 heteroatoms. The number of fused-ring (bicyclic) bond motifs is 8. The molecular weight excluding hydrogens is 499 g/mol. The summed E-state index contributed by atoms with van der Waals surface area (Å²) in [6.45, 7) is 8.39. The quantitative estimate of drug-likeness (QED) is 0.211. The molecule has 5 aromatic carbocycles. The molecule has 39 heavy (non-hydrogen) atoms. The van der Waals surface area contributed by atoms with Crippen molar-refractivity contribution in [3.63, 3.8) is 0 Å². The van der Waals surface area contributed by atoms with Crippen molar-refractivity contribution in [1.29, 1.82) is 0 Å². The van der Waals surface area contributed by atoms with Gasteiger partial charge in [-0.1, -0.05) is 66.7 Å². The number of hydrogen-bond donors (Lipinski definition) is 0. The van der Waals surface area contributed by atoms with E-state index in [2.05, 4.69) is 107 Å². The molecule has 2 aromatic heterocycles. The van der Waals surface area contributed by atoms with Gasteiger partial charge in [-0.2, -0.15) is 0 Å². The second-order valence-corrected chi connectivity index (χ2v) is 12.7. The largest absolute Gasteiger partial charge is 0.495 e. The zero-order valence-corrected chi connectivity index (χ0v) is 23.2. The van der Waals surface area contributed by atoms with E-state index in [4.69, 9.17) is 13.7 Å². The van der Waals surface area contributed by atoms with E-state index in [1.165, 1.54) is 30.9 Å². The van der Waals surface area contributed by atoms with Crippen LogP contribution in [0.5, 0.6) is 0 Å². The van der Waals surface area contributed by atoms with Crippen molar-refractivity contribution in [2.75, 3.05) is 0 Å². The fraction of sp³-hybridized carbons (Fsp3) is 0.176. The topological polar surface area (TPSA) is 31.6 Å². The van der Waals surface area contributed by atoms with Gasteiger partial charge in [-0.3, -0.25) is 0 Å². The molecule has 1 aliphatic heterocycles. The van der Waals surface area contributed by atoms with Crippen LogP contribution < -0.4 is 5.46 Å². The van der Waals surface area contributed by atoms with E-state index in [-0.39, 0.29) is 0 Å². The molecule has 0 N–H and O–H groups in total. The lowest BCUT2D eigenvalue weighted by Crippen LogP contribution is -2.41. The van der Waals surface area contributed by atoms with E-state index in [9.17, 15) is 0 Å². The van der Waals surface area contributed by atoms with Crippen molar-refractivity contribution in [2.24, 2.45) is 0 Å². The number of furan rings is 1. The van der Waals surface area contributed by atoms with Crippen molar-refractivity contribution in [2.45, 2.75) is 38.9 Å². The average molecular weight is 526 g/mol. The van der Waals surface area contributed by atoms with Gasteiger partial charge in [0.1, 0.15) is 11.2 Å². The summed E-state index contributed by atoms with van der Waals surface area (Å²) >= 11 is 1.87. The number of thiophene rings is 1. The minimum Gasteiger partial charge on any atom is -0.456 e. The van der Waals surface area contributed by atoms with Crippen LogP contribution in [0.2, 0.25) is 0 Å². The second kappa shape index (κ2) is 7.95. The number of rotatable bonds is 2. The highest BCUT2D eigenvalue weighted by Crippen LogP contribution is 2.42. The Bertz CT molecular complexity index is 2080. The Kier molecular flexibility index (Phi) is 4.74. The average Bonchev–Trinajstić information content (AvgIpc) is 3.56. The Morgan fingerprint density at radius 3 is 2.18 bits per heavy atom. The first kappa shape index (κ1) is 23.3. The summed E-state index contributed by atoms with van der Waals surface area (Å²) in [6.07, 6.45) is 0. The predicted molar refractivity (Wildman–Crippen MR) is 165 cm³/mol. The van der Waals surface area contributed by atoms with Gasteiger partial charge >= 0.3 is 7.12 Å². The number of hydrogen-bond acceptors (Lipinski definition) is 4. The number of benzene rings is 5. The molecule has 0 saturated carbocycles. The van der Waals surface area contributed by atoms with E-state index < -0.39 is 18.3 Å². The van der Waals surface area contributed by atoms with E-state index in [0.29, 0.717) is 0 Å². The van der Waals surface area contributed by atoms with Crippen LogP contribution >= 0.6 is 11.3 Å². The lowest BCUT2D eigenvalue weighted by molar-refractivity contribution is 0.00578. The van der Waals surface area contributed by atoms with Gasteiger partial charge in [-0.05, 0) is 79.3 Å². The van der Waals surface area contributed by atoms with Crippen LogP contribution in [0.25, 0.3) is 64.0 Å². The Hall–Kier alpha value is -3.64. The summed E-state index contributed by atoms with van der Waals surface area (Å²) < 4.78 is 22.2. The molecule has 0 atom stereocenters. The van der Waals surface area contributed by atoms with Crippen LogP contribution in [0.3, 0.4) is 0 Å². The third-order valence-corrected chi connectivity index (χ3v) is 9.93. The third-order valence-electron chi connectivity index (χ3n) is 8.71. The second-order valence-electron chi connectivity index (χ2n) is 11.6. The molecule has 0 amide bonds. The molecule has 1 aliphatic rings. The molecule has 8 rings (SSSR count). The van der Waals surface area contributed by atoms with Gasteiger partial charge in [0.15, 0.2) is 0 Å². The van der Waals surface area contributed by atoms with E-state index >= 15 is 0 Å². The molecule has 3 nitrogen and oxygen atoms in total. The first-order chi connectivity index (χ1) is 18.8. The summed E-state index contributed by atoms with van der Waals surface area (Å²) in [6, 6.07) is 32.5. The Morgan fingerprint density at radius 2 is 1.36 bits per heavy atom. The summed E-state index contributed by atoms with van der Waals surface area (Å²) in [5, 5.41) is 7.30. The van der Waals surface area contributed by atoms with Crippen molar-refractivity contribution < 1.29 is 13.7 Å². The minimum absolute atomic E-state index is 0.434. The molecule has 0 radical (unpaired) electrons. The van der Waals surface area contributed by atoms with Crippen LogP contribution in [0, 0.1) is 0 Å². The maximum atomic E-state index is 6.56. The van der Waals surface area contributed by atoms with Crippen LogP contribution in [0.4, 0.5) is 0 Å². The highest BCUT2D eigenvalue weighted by Gasteiger charge is 2.52. The zero-order chi connectivity index (χ0) is 26.5. The lowest BCUT2D eigenvalue weighted by Gasteiger charge is -2.32. The van der Waals surface area contributed by atoms with E-state index in [0.717, 1.165) is 38.5 Å². The third kappa shape index (κ3) is 3.37. The molecule has 190 valence electrons. The lowest BCUT2D eigenvalue weighted by atomic mass is 9.75. The van der Waals surface area contributed by atoms with Crippen LogP contribution in [0.1, 0.15) is 27.7 Å². The van der Waals surface area contributed by atoms with Crippen molar-refractivity contribution >= 4 is 76.8 Å². The van der Waals surface area contributed by atoms with E-state index in [1.807, 2.05) is 23.5 Å². The van der Waals surface area contributed by atoms with Gasteiger partial charge in [0.25, 0.3) is 0 Å². The zero-order valence-electron chi connectivity index (χ0n) is 22.4. The Balaban J connectivity index is 1.36. The molecular formula is C34H27BO3S. The smallest absolute Gasteiger partial charge is 0.456 e. The SMILES string of the molecule is CC1(C)OB(c2cc(-c3ccc4sc5c6ccccc6ccc5c4c3)cc3oc4ccccc4c23)OC1(C)C. The highest BCUT2D eigenvalue weighted by atomic mass is 32.1. The van der Waals surface area contributed by atoms with E-state index in [1.54, 1.807) is 0 Å². The first-order valence-electron chi connectivity index (χ1n) is 13.4. The monoisotopic (exact) mass is 526 g/mol. The summed E-state index contributed by atoms with van der Waals surface area (Å²) in [5.41, 5.74) is 4.09. The van der Waals surface area contributed by atoms with Gasteiger partial charge in [0.05, 0.1) is 11.2 Å². The molecule has 1 saturated heterocycles. The maximum absolute atomic E-state index is 6.56. The Morgan fingerprint density at radius 1 is 0.615 bits per heavy atom. The number of para-hydroxylation sites is 1. The molecule has 0 unspecified atom stereocenters. The Labute approximate surface area is 231 Å². The molecule has 0 bridgehead atoms. The first-order valence-corrected chi connectivity index (χ1v) is 14.3. The van der Waals surface area contributed by atoms with Crippen molar-refractivity contribution in [3.05, 3.63) is 91.0 Å². The molecule has 3 heterocycles. The van der Waals surface area contributed by atoms with Crippen molar-refractivity contribution in [3.8, 4) is 11.1 Å². The van der Waals surface area contributed by atoms with Gasteiger partial charge in [-0.15, -0.1) is 11.3 Å². The fourth-order valence-corrected chi connectivity index (χ4v) is 7.11. The fourth-order valence-electron chi connectivity index (χ4n) is 5.89. The van der Waals surface area contributed by atoms with Crippen molar-refractivity contribution in [1.82, 2.24) is 0 Å². The predicted octanol–water partition coefficient (Wildman–Crippen LogP) is 9.07. The van der Waals surface area contributed by atoms with Gasteiger partial charge in [0, 0.05) is 30.9 Å². The normalized spacial score (nSPS) is 16.9. The summed E-state index contributed by atoms with van der Waals surface area (Å²) in [7, 11) is -0.490. The maximum Gasteiger partial charge on any atom is 0.495 e. The summed E-state index contributed by atoms with van der Waals surface area (Å²) in [4.78, 5) is 0. The van der Waals surface area contributed by atoms with Crippen LogP contribution in [-0.2, 0) is 9.31 Å². The van der Waals surface area contributed by atoms with Gasteiger partial charge < -0.3 is 13.7 Å². The van der Waals surface area contributed by atoms with Gasteiger partial charge in [0.2, 0.25) is 0 Å². The van der Waals surface area contributed by atoms with Crippen LogP contribution in [0.15, 0.2) is 95.4 Å². The molecule has 0 aliphatic carbocycles. The summed E-state index contributed by atoms with van der Waals surface area (Å²) in [5.74, 6) is 0.